The molecule has 4 heteroatoms. The molecule has 0 radical (unpaired) electrons. The summed E-state index contributed by atoms with van der Waals surface area (Å²) in [6, 6.07) is 7.62. The van der Waals surface area contributed by atoms with E-state index in [1.807, 2.05) is 16.7 Å². The fraction of sp³-hybridized carbons (Fsp3) is 0.429. The van der Waals surface area contributed by atoms with Crippen LogP contribution in [0.1, 0.15) is 26.3 Å². The molecule has 0 saturated carbocycles. The number of fused-ring (bicyclic) bond motifs is 1. The van der Waals surface area contributed by atoms with Crippen molar-refractivity contribution in [1.29, 1.82) is 5.26 Å². The topological polar surface area (TPSA) is 67.6 Å². The monoisotopic (exact) mass is 242 g/mol. The lowest BCUT2D eigenvalue weighted by atomic mass is 9.98. The van der Waals surface area contributed by atoms with E-state index < -0.39 is 0 Å². The van der Waals surface area contributed by atoms with Crippen molar-refractivity contribution >= 4 is 17.0 Å². The molecule has 0 bridgehead atoms. The standard InChI is InChI=1S/C14H18N4/c1-9(2)10(3)8-18-13-6-11(7-15)4-5-12(13)17-14(18)16/h4-6,9-10H,8H2,1-3H3,(H2,16,17). The zero-order chi connectivity index (χ0) is 13.3. The molecule has 1 unspecified atom stereocenters. The quantitative estimate of drug-likeness (QED) is 0.899. The summed E-state index contributed by atoms with van der Waals surface area (Å²) in [7, 11) is 0. The van der Waals surface area contributed by atoms with Crippen molar-refractivity contribution in [2.45, 2.75) is 27.3 Å². The van der Waals surface area contributed by atoms with E-state index in [9.17, 15) is 0 Å². The molecular weight excluding hydrogens is 224 g/mol. The Morgan fingerprint density at radius 2 is 2.11 bits per heavy atom. The van der Waals surface area contributed by atoms with Gasteiger partial charge in [-0.1, -0.05) is 20.8 Å². The minimum absolute atomic E-state index is 0.510. The number of imidazole rings is 1. The van der Waals surface area contributed by atoms with Crippen molar-refractivity contribution < 1.29 is 0 Å². The van der Waals surface area contributed by atoms with Crippen LogP contribution in [0.2, 0.25) is 0 Å². The van der Waals surface area contributed by atoms with E-state index in [1.54, 1.807) is 6.07 Å². The molecule has 0 amide bonds. The van der Waals surface area contributed by atoms with Gasteiger partial charge in [0.15, 0.2) is 0 Å². The highest BCUT2D eigenvalue weighted by molar-refractivity contribution is 5.79. The number of nitrogens with zero attached hydrogens (tertiary/aromatic N) is 3. The lowest BCUT2D eigenvalue weighted by molar-refractivity contribution is 0.371. The molecule has 0 saturated heterocycles. The Morgan fingerprint density at radius 3 is 2.72 bits per heavy atom. The normalized spacial score (nSPS) is 12.8. The number of nitriles is 1. The average molecular weight is 242 g/mol. The first-order valence-electron chi connectivity index (χ1n) is 6.18. The van der Waals surface area contributed by atoms with Gasteiger partial charge in [-0.05, 0) is 30.0 Å². The number of nitrogens with two attached hydrogens (primary N) is 1. The Balaban J connectivity index is 2.49. The van der Waals surface area contributed by atoms with Crippen LogP contribution in [-0.4, -0.2) is 9.55 Å². The summed E-state index contributed by atoms with van der Waals surface area (Å²) in [6.07, 6.45) is 0. The second kappa shape index (κ2) is 4.69. The van der Waals surface area contributed by atoms with Crippen molar-refractivity contribution in [3.8, 4) is 6.07 Å². The third-order valence-corrected chi connectivity index (χ3v) is 3.52. The molecule has 0 fully saturated rings. The highest BCUT2D eigenvalue weighted by Crippen LogP contribution is 2.22. The van der Waals surface area contributed by atoms with Gasteiger partial charge in [-0.15, -0.1) is 0 Å². The van der Waals surface area contributed by atoms with Crippen LogP contribution in [0.5, 0.6) is 0 Å². The molecule has 94 valence electrons. The van der Waals surface area contributed by atoms with E-state index in [2.05, 4.69) is 31.8 Å². The molecule has 0 aliphatic rings. The van der Waals surface area contributed by atoms with Crippen molar-refractivity contribution in [3.63, 3.8) is 0 Å². The first-order valence-corrected chi connectivity index (χ1v) is 6.18. The molecule has 0 aliphatic carbocycles. The zero-order valence-electron chi connectivity index (χ0n) is 11.0. The van der Waals surface area contributed by atoms with Crippen LogP contribution in [0.25, 0.3) is 11.0 Å². The van der Waals surface area contributed by atoms with Crippen LogP contribution < -0.4 is 5.73 Å². The number of hydrogen-bond donors (Lipinski definition) is 1. The first kappa shape index (κ1) is 12.4. The van der Waals surface area contributed by atoms with Crippen LogP contribution in [-0.2, 0) is 6.54 Å². The third-order valence-electron chi connectivity index (χ3n) is 3.52. The summed E-state index contributed by atoms with van der Waals surface area (Å²) >= 11 is 0. The second-order valence-corrected chi connectivity index (χ2v) is 5.12. The molecule has 1 aromatic heterocycles. The average Bonchev–Trinajstić information content (AvgIpc) is 2.65. The van der Waals surface area contributed by atoms with E-state index in [4.69, 9.17) is 11.0 Å². The molecule has 0 aliphatic heterocycles. The summed E-state index contributed by atoms with van der Waals surface area (Å²) < 4.78 is 2.00. The van der Waals surface area contributed by atoms with Gasteiger partial charge in [0, 0.05) is 6.54 Å². The lowest BCUT2D eigenvalue weighted by Gasteiger charge is -2.17. The summed E-state index contributed by atoms with van der Waals surface area (Å²) in [6.45, 7) is 7.42. The van der Waals surface area contributed by atoms with Crippen molar-refractivity contribution in [3.05, 3.63) is 23.8 Å². The minimum atomic E-state index is 0.510. The minimum Gasteiger partial charge on any atom is -0.369 e. The molecule has 2 N–H and O–H groups in total. The highest BCUT2D eigenvalue weighted by atomic mass is 15.2. The number of nitrogen functional groups attached to an aromatic ring is 1. The van der Waals surface area contributed by atoms with Gasteiger partial charge in [-0.2, -0.15) is 5.26 Å². The van der Waals surface area contributed by atoms with Gasteiger partial charge in [-0.3, -0.25) is 0 Å². The van der Waals surface area contributed by atoms with Crippen LogP contribution in [0, 0.1) is 23.2 Å². The van der Waals surface area contributed by atoms with Crippen molar-refractivity contribution in [2.24, 2.45) is 11.8 Å². The van der Waals surface area contributed by atoms with Gasteiger partial charge in [0.1, 0.15) is 0 Å². The lowest BCUT2D eigenvalue weighted by Crippen LogP contribution is -2.14. The summed E-state index contributed by atoms with van der Waals surface area (Å²) in [4.78, 5) is 4.33. The zero-order valence-corrected chi connectivity index (χ0v) is 11.0. The van der Waals surface area contributed by atoms with Gasteiger partial charge < -0.3 is 10.3 Å². The van der Waals surface area contributed by atoms with Gasteiger partial charge in [-0.25, -0.2) is 4.98 Å². The summed E-state index contributed by atoms with van der Waals surface area (Å²) in [5.41, 5.74) is 8.39. The first-order chi connectivity index (χ1) is 8.52. The Bertz CT molecular complexity index is 604. The van der Waals surface area contributed by atoms with Gasteiger partial charge in [0.05, 0.1) is 22.7 Å². The van der Waals surface area contributed by atoms with E-state index in [-0.39, 0.29) is 0 Å². The molecule has 4 nitrogen and oxygen atoms in total. The molecule has 1 atom stereocenters. The van der Waals surface area contributed by atoms with Crippen molar-refractivity contribution in [2.75, 3.05) is 5.73 Å². The van der Waals surface area contributed by atoms with Gasteiger partial charge in [0.2, 0.25) is 5.95 Å². The molecule has 1 aromatic carbocycles. The fourth-order valence-electron chi connectivity index (χ4n) is 1.90. The van der Waals surface area contributed by atoms with E-state index in [0.717, 1.165) is 17.6 Å². The number of anilines is 1. The van der Waals surface area contributed by atoms with Crippen LogP contribution in [0.4, 0.5) is 5.95 Å². The van der Waals surface area contributed by atoms with Crippen LogP contribution in [0.3, 0.4) is 0 Å². The molecule has 18 heavy (non-hydrogen) atoms. The Labute approximate surface area is 107 Å². The number of rotatable bonds is 3. The molecular formula is C14H18N4. The maximum atomic E-state index is 8.95. The third kappa shape index (κ3) is 2.17. The Kier molecular flexibility index (Phi) is 3.24. The predicted octanol–water partition coefficient (Wildman–Crippen LogP) is 2.78. The van der Waals surface area contributed by atoms with Gasteiger partial charge >= 0.3 is 0 Å². The van der Waals surface area contributed by atoms with E-state index in [1.165, 1.54) is 0 Å². The van der Waals surface area contributed by atoms with E-state index in [0.29, 0.717) is 23.3 Å². The molecule has 2 rings (SSSR count). The number of hydrogen-bond acceptors (Lipinski definition) is 3. The van der Waals surface area contributed by atoms with Crippen LogP contribution >= 0.6 is 0 Å². The SMILES string of the molecule is CC(C)C(C)Cn1c(N)nc2ccc(C#N)cc21. The Morgan fingerprint density at radius 1 is 1.39 bits per heavy atom. The van der Waals surface area contributed by atoms with Gasteiger partial charge in [0.25, 0.3) is 0 Å². The molecule has 2 aromatic rings. The van der Waals surface area contributed by atoms with E-state index >= 15 is 0 Å². The largest absolute Gasteiger partial charge is 0.369 e. The maximum absolute atomic E-state index is 8.95. The smallest absolute Gasteiger partial charge is 0.201 e. The summed E-state index contributed by atoms with van der Waals surface area (Å²) in [5.74, 6) is 1.61. The Hall–Kier alpha value is -2.02. The maximum Gasteiger partial charge on any atom is 0.201 e. The highest BCUT2D eigenvalue weighted by Gasteiger charge is 2.14. The second-order valence-electron chi connectivity index (χ2n) is 5.12. The van der Waals surface area contributed by atoms with Crippen LogP contribution in [0.15, 0.2) is 18.2 Å². The van der Waals surface area contributed by atoms with Crippen molar-refractivity contribution in [1.82, 2.24) is 9.55 Å². The fourth-order valence-corrected chi connectivity index (χ4v) is 1.90. The summed E-state index contributed by atoms with van der Waals surface area (Å²) in [5, 5.41) is 8.95. The number of benzene rings is 1. The predicted molar refractivity (Wildman–Crippen MR) is 72.9 cm³/mol. The molecule has 1 heterocycles. The number of aromatic nitrogens is 2. The molecule has 0 spiro atoms.